The summed E-state index contributed by atoms with van der Waals surface area (Å²) in [6.07, 6.45) is -2.56. The van der Waals surface area contributed by atoms with Gasteiger partial charge in [-0.15, -0.1) is 0 Å². The summed E-state index contributed by atoms with van der Waals surface area (Å²) >= 11 is 5.77. The predicted octanol–water partition coefficient (Wildman–Crippen LogP) is 4.74. The van der Waals surface area contributed by atoms with E-state index in [-0.39, 0.29) is 16.8 Å². The van der Waals surface area contributed by atoms with Gasteiger partial charge in [0.2, 0.25) is 0 Å². The van der Waals surface area contributed by atoms with Crippen molar-refractivity contribution in [2.75, 3.05) is 5.32 Å². The first-order valence-corrected chi connectivity index (χ1v) is 8.65. The number of carbonyl (C=O) groups is 1. The highest BCUT2D eigenvalue weighted by Gasteiger charge is 2.41. The van der Waals surface area contributed by atoms with E-state index < -0.39 is 23.3 Å². The number of benzene rings is 1. The van der Waals surface area contributed by atoms with Crippen molar-refractivity contribution in [2.45, 2.75) is 6.18 Å². The molecular formula is C19H11ClF3N5O. The molecule has 3 aromatic heterocycles. The van der Waals surface area contributed by atoms with E-state index in [0.717, 1.165) is 11.6 Å². The van der Waals surface area contributed by atoms with Crippen LogP contribution >= 0.6 is 11.6 Å². The van der Waals surface area contributed by atoms with Gasteiger partial charge in [-0.2, -0.15) is 18.3 Å². The fourth-order valence-corrected chi connectivity index (χ4v) is 3.03. The molecule has 0 bridgehead atoms. The Morgan fingerprint density at radius 1 is 1.07 bits per heavy atom. The van der Waals surface area contributed by atoms with Gasteiger partial charge in [-0.3, -0.25) is 4.79 Å². The quantitative estimate of drug-likeness (QED) is 0.489. The van der Waals surface area contributed by atoms with Crippen LogP contribution in [-0.2, 0) is 6.18 Å². The Balaban J connectivity index is 1.77. The maximum Gasteiger partial charge on any atom is 0.434 e. The second kappa shape index (κ2) is 7.17. The van der Waals surface area contributed by atoms with Crippen LogP contribution < -0.4 is 5.32 Å². The lowest BCUT2D eigenvalue weighted by Gasteiger charge is -2.12. The third-order valence-electron chi connectivity index (χ3n) is 4.11. The number of aromatic nitrogens is 4. The molecule has 146 valence electrons. The highest BCUT2D eigenvalue weighted by Crippen LogP contribution is 2.34. The van der Waals surface area contributed by atoms with Crippen molar-refractivity contribution in [1.29, 1.82) is 0 Å². The lowest BCUT2D eigenvalue weighted by Crippen LogP contribution is -2.21. The van der Waals surface area contributed by atoms with Crippen molar-refractivity contribution in [2.24, 2.45) is 0 Å². The van der Waals surface area contributed by atoms with E-state index in [1.807, 2.05) is 0 Å². The Bertz CT molecular complexity index is 1220. The Labute approximate surface area is 167 Å². The summed E-state index contributed by atoms with van der Waals surface area (Å²) in [5, 5.41) is 7.53. The SMILES string of the molecule is O=C(Nc1nccc2ccccc12)c1cnn(-c2cccc(Cl)n2)c1C(F)(F)F. The van der Waals surface area contributed by atoms with E-state index in [0.29, 0.717) is 10.1 Å². The van der Waals surface area contributed by atoms with Crippen molar-refractivity contribution in [3.8, 4) is 5.82 Å². The highest BCUT2D eigenvalue weighted by atomic mass is 35.5. The summed E-state index contributed by atoms with van der Waals surface area (Å²) in [5.41, 5.74) is -1.92. The van der Waals surface area contributed by atoms with Gasteiger partial charge in [0.05, 0.1) is 11.8 Å². The summed E-state index contributed by atoms with van der Waals surface area (Å²) in [7, 11) is 0. The first-order valence-electron chi connectivity index (χ1n) is 8.28. The summed E-state index contributed by atoms with van der Waals surface area (Å²) in [6.45, 7) is 0. The van der Waals surface area contributed by atoms with E-state index in [1.165, 1.54) is 24.4 Å². The number of amides is 1. The number of carbonyl (C=O) groups excluding carboxylic acids is 1. The number of fused-ring (bicyclic) bond motifs is 1. The van der Waals surface area contributed by atoms with Crippen LogP contribution in [0.25, 0.3) is 16.6 Å². The van der Waals surface area contributed by atoms with Gasteiger partial charge in [-0.25, -0.2) is 14.6 Å². The summed E-state index contributed by atoms with van der Waals surface area (Å²) in [4.78, 5) is 20.6. The van der Waals surface area contributed by atoms with E-state index >= 15 is 0 Å². The fourth-order valence-electron chi connectivity index (χ4n) is 2.87. The standard InChI is InChI=1S/C19H11ClF3N5O/c20-14-6-3-7-15(26-14)28-16(19(21,22)23)13(10-25-28)18(29)27-17-12-5-2-1-4-11(12)8-9-24-17/h1-10H,(H,24,27,29). The lowest BCUT2D eigenvalue weighted by atomic mass is 10.1. The molecular weight excluding hydrogens is 407 g/mol. The molecule has 4 rings (SSSR count). The molecule has 29 heavy (non-hydrogen) atoms. The average Bonchev–Trinajstić information content (AvgIpc) is 3.14. The van der Waals surface area contributed by atoms with E-state index in [9.17, 15) is 18.0 Å². The molecule has 0 aliphatic carbocycles. The number of pyridine rings is 2. The molecule has 0 radical (unpaired) electrons. The zero-order chi connectivity index (χ0) is 20.6. The minimum absolute atomic E-state index is 0.00270. The third-order valence-corrected chi connectivity index (χ3v) is 4.32. The second-order valence-corrected chi connectivity index (χ2v) is 6.36. The van der Waals surface area contributed by atoms with Crippen LogP contribution in [0.3, 0.4) is 0 Å². The topological polar surface area (TPSA) is 72.7 Å². The number of hydrogen-bond donors (Lipinski definition) is 1. The molecule has 4 aromatic rings. The van der Waals surface area contributed by atoms with Gasteiger partial charge in [0, 0.05) is 11.6 Å². The summed E-state index contributed by atoms with van der Waals surface area (Å²) in [6, 6.07) is 12.9. The van der Waals surface area contributed by atoms with Crippen molar-refractivity contribution < 1.29 is 18.0 Å². The molecule has 1 amide bonds. The molecule has 0 spiro atoms. The second-order valence-electron chi connectivity index (χ2n) is 5.97. The van der Waals surface area contributed by atoms with E-state index in [1.54, 1.807) is 30.3 Å². The van der Waals surface area contributed by atoms with Gasteiger partial charge in [-0.05, 0) is 23.6 Å². The molecule has 0 saturated carbocycles. The molecule has 0 saturated heterocycles. The predicted molar refractivity (Wildman–Crippen MR) is 101 cm³/mol. The number of alkyl halides is 3. The van der Waals surface area contributed by atoms with Crippen LogP contribution in [0, 0.1) is 0 Å². The molecule has 0 unspecified atom stereocenters. The van der Waals surface area contributed by atoms with Crippen molar-refractivity contribution in [3.05, 3.63) is 77.3 Å². The first-order chi connectivity index (χ1) is 13.8. The molecule has 1 N–H and O–H groups in total. The number of halogens is 4. The monoisotopic (exact) mass is 417 g/mol. The van der Waals surface area contributed by atoms with Crippen LogP contribution in [0.2, 0.25) is 5.15 Å². The van der Waals surface area contributed by atoms with Gasteiger partial charge in [0.25, 0.3) is 5.91 Å². The Morgan fingerprint density at radius 2 is 1.86 bits per heavy atom. The minimum Gasteiger partial charge on any atom is -0.306 e. The molecule has 1 aromatic carbocycles. The normalized spacial score (nSPS) is 11.6. The molecule has 10 heteroatoms. The van der Waals surface area contributed by atoms with Gasteiger partial charge in [0.1, 0.15) is 11.0 Å². The molecule has 0 aliphatic rings. The van der Waals surface area contributed by atoms with Gasteiger partial charge >= 0.3 is 6.18 Å². The first kappa shape index (κ1) is 18.9. The van der Waals surface area contributed by atoms with Crippen LogP contribution in [-0.4, -0.2) is 25.7 Å². The number of rotatable bonds is 3. The molecule has 0 atom stereocenters. The number of nitrogens with zero attached hydrogens (tertiary/aromatic N) is 4. The Hall–Kier alpha value is -3.46. The molecule has 0 fully saturated rings. The average molecular weight is 418 g/mol. The van der Waals surface area contributed by atoms with Gasteiger partial charge in [0.15, 0.2) is 11.5 Å². The minimum atomic E-state index is -4.86. The lowest BCUT2D eigenvalue weighted by molar-refractivity contribution is -0.143. The number of anilines is 1. The zero-order valence-electron chi connectivity index (χ0n) is 14.5. The van der Waals surface area contributed by atoms with E-state index in [4.69, 9.17) is 11.6 Å². The maximum absolute atomic E-state index is 13.8. The van der Waals surface area contributed by atoms with Gasteiger partial charge in [-0.1, -0.05) is 41.9 Å². The number of hydrogen-bond acceptors (Lipinski definition) is 4. The molecule has 3 heterocycles. The molecule has 6 nitrogen and oxygen atoms in total. The molecule has 0 aliphatic heterocycles. The smallest absolute Gasteiger partial charge is 0.306 e. The Morgan fingerprint density at radius 3 is 2.62 bits per heavy atom. The van der Waals surface area contributed by atoms with Crippen molar-refractivity contribution in [1.82, 2.24) is 19.7 Å². The zero-order valence-corrected chi connectivity index (χ0v) is 15.2. The largest absolute Gasteiger partial charge is 0.434 e. The van der Waals surface area contributed by atoms with Crippen LogP contribution in [0.15, 0.2) is 60.9 Å². The van der Waals surface area contributed by atoms with Crippen molar-refractivity contribution >= 4 is 34.1 Å². The van der Waals surface area contributed by atoms with Crippen LogP contribution in [0.4, 0.5) is 19.0 Å². The van der Waals surface area contributed by atoms with Crippen LogP contribution in [0.1, 0.15) is 16.1 Å². The fraction of sp³-hybridized carbons (Fsp3) is 0.0526. The third kappa shape index (κ3) is 3.64. The highest BCUT2D eigenvalue weighted by molar-refractivity contribution is 6.29. The maximum atomic E-state index is 13.8. The summed E-state index contributed by atoms with van der Waals surface area (Å²) < 4.78 is 41.8. The van der Waals surface area contributed by atoms with Crippen molar-refractivity contribution in [3.63, 3.8) is 0 Å². The number of nitrogens with one attached hydrogen (secondary N) is 1. The van der Waals surface area contributed by atoms with Gasteiger partial charge < -0.3 is 5.32 Å². The van der Waals surface area contributed by atoms with E-state index in [2.05, 4.69) is 20.4 Å². The van der Waals surface area contributed by atoms with Crippen LogP contribution in [0.5, 0.6) is 0 Å². The Kier molecular flexibility index (Phi) is 4.67. The summed E-state index contributed by atoms with van der Waals surface area (Å²) in [5.74, 6) is -1.00.